The number of aromatic nitrogens is 2. The summed E-state index contributed by atoms with van der Waals surface area (Å²) in [5.41, 5.74) is 3.02. The van der Waals surface area contributed by atoms with Gasteiger partial charge in [-0.05, 0) is 47.0 Å². The predicted molar refractivity (Wildman–Crippen MR) is 78.0 cm³/mol. The molecule has 7 heteroatoms. The van der Waals surface area contributed by atoms with E-state index in [9.17, 15) is 14.9 Å². The Morgan fingerprint density at radius 3 is 2.76 bits per heavy atom. The molecule has 0 spiro atoms. The van der Waals surface area contributed by atoms with Crippen molar-refractivity contribution in [2.24, 2.45) is 0 Å². The highest BCUT2D eigenvalue weighted by Gasteiger charge is 2.10. The Bertz CT molecular complexity index is 679. The number of hydrogen-bond donors (Lipinski definition) is 1. The van der Waals surface area contributed by atoms with Gasteiger partial charge in [-0.2, -0.15) is 0 Å². The molecular weight excluding hydrogens is 272 g/mol. The molecule has 0 bridgehead atoms. The molecule has 0 aliphatic carbocycles. The quantitative estimate of drug-likeness (QED) is 0.675. The lowest BCUT2D eigenvalue weighted by Gasteiger charge is -2.07. The number of imidazole rings is 1. The third-order valence-corrected chi connectivity index (χ3v) is 3.19. The molecule has 2 rings (SSSR count). The van der Waals surface area contributed by atoms with E-state index in [2.05, 4.69) is 10.3 Å². The van der Waals surface area contributed by atoms with Crippen molar-refractivity contribution in [2.75, 3.05) is 5.32 Å². The largest absolute Gasteiger partial charge is 0.381 e. The fourth-order valence-corrected chi connectivity index (χ4v) is 1.84. The molecule has 1 aromatic carbocycles. The second kappa shape index (κ2) is 6.17. The van der Waals surface area contributed by atoms with Gasteiger partial charge in [0.05, 0.1) is 0 Å². The van der Waals surface area contributed by atoms with Gasteiger partial charge in [0.1, 0.15) is 6.20 Å². The average molecular weight is 288 g/mol. The van der Waals surface area contributed by atoms with Crippen molar-refractivity contribution in [3.05, 3.63) is 52.0 Å². The van der Waals surface area contributed by atoms with E-state index in [-0.39, 0.29) is 18.1 Å². The van der Waals surface area contributed by atoms with Crippen molar-refractivity contribution >= 4 is 17.4 Å². The third-order valence-electron chi connectivity index (χ3n) is 3.19. The van der Waals surface area contributed by atoms with Crippen LogP contribution >= 0.6 is 0 Å². The van der Waals surface area contributed by atoms with Crippen molar-refractivity contribution in [3.8, 4) is 0 Å². The highest BCUT2D eigenvalue weighted by Crippen LogP contribution is 2.14. The summed E-state index contributed by atoms with van der Waals surface area (Å²) in [5, 5.41) is 13.3. The van der Waals surface area contributed by atoms with E-state index in [0.717, 1.165) is 11.3 Å². The summed E-state index contributed by atoms with van der Waals surface area (Å²) in [5.74, 6) is -0.362. The Kier molecular flexibility index (Phi) is 4.32. The number of carbonyl (C=O) groups is 1. The summed E-state index contributed by atoms with van der Waals surface area (Å²) in [4.78, 5) is 25.4. The van der Waals surface area contributed by atoms with Crippen LogP contribution in [0.4, 0.5) is 11.5 Å². The van der Waals surface area contributed by atoms with Crippen molar-refractivity contribution in [1.82, 2.24) is 9.55 Å². The van der Waals surface area contributed by atoms with E-state index < -0.39 is 4.92 Å². The first-order valence-corrected chi connectivity index (χ1v) is 6.49. The number of amides is 1. The SMILES string of the molecule is Cc1ccc(NC(=O)CCn2cnc([N+](=O)[O-])c2)cc1C. The van der Waals surface area contributed by atoms with E-state index in [0.29, 0.717) is 6.54 Å². The van der Waals surface area contributed by atoms with Gasteiger partial charge in [0, 0.05) is 18.7 Å². The fourth-order valence-electron chi connectivity index (χ4n) is 1.84. The molecule has 0 saturated heterocycles. The molecule has 110 valence electrons. The predicted octanol–water partition coefficient (Wildman–Crippen LogP) is 2.44. The number of carbonyl (C=O) groups excluding carboxylic acids is 1. The van der Waals surface area contributed by atoms with Crippen molar-refractivity contribution < 1.29 is 9.72 Å². The van der Waals surface area contributed by atoms with E-state index in [1.807, 2.05) is 32.0 Å². The summed E-state index contributed by atoms with van der Waals surface area (Å²) in [6.07, 6.45) is 2.88. The van der Waals surface area contributed by atoms with Gasteiger partial charge in [-0.1, -0.05) is 6.07 Å². The highest BCUT2D eigenvalue weighted by molar-refractivity contribution is 5.90. The maximum Gasteiger partial charge on any atom is 0.381 e. The lowest BCUT2D eigenvalue weighted by Crippen LogP contribution is -2.14. The second-order valence-electron chi connectivity index (χ2n) is 4.82. The van der Waals surface area contributed by atoms with Crippen molar-refractivity contribution in [3.63, 3.8) is 0 Å². The number of rotatable bonds is 5. The van der Waals surface area contributed by atoms with E-state index in [1.165, 1.54) is 22.7 Å². The van der Waals surface area contributed by atoms with Gasteiger partial charge in [-0.25, -0.2) is 0 Å². The first kappa shape index (κ1) is 14.7. The number of anilines is 1. The number of nitrogens with zero attached hydrogens (tertiary/aromatic N) is 3. The van der Waals surface area contributed by atoms with Crippen molar-refractivity contribution in [2.45, 2.75) is 26.8 Å². The van der Waals surface area contributed by atoms with Crippen LogP contribution in [0, 0.1) is 24.0 Å². The van der Waals surface area contributed by atoms with Crippen LogP contribution in [0.5, 0.6) is 0 Å². The van der Waals surface area contributed by atoms with E-state index in [4.69, 9.17) is 0 Å². The normalized spacial score (nSPS) is 10.4. The molecule has 0 fully saturated rings. The fraction of sp³-hybridized carbons (Fsp3) is 0.286. The Balaban J connectivity index is 1.89. The number of hydrogen-bond acceptors (Lipinski definition) is 4. The van der Waals surface area contributed by atoms with Crippen LogP contribution in [0.15, 0.2) is 30.7 Å². The Hall–Kier alpha value is -2.70. The molecule has 1 aromatic heterocycles. The summed E-state index contributed by atoms with van der Waals surface area (Å²) in [6, 6.07) is 5.71. The van der Waals surface area contributed by atoms with Crippen LogP contribution in [0.2, 0.25) is 0 Å². The number of nitro groups is 1. The molecule has 0 aliphatic rings. The Morgan fingerprint density at radius 2 is 2.14 bits per heavy atom. The number of benzene rings is 1. The van der Waals surface area contributed by atoms with Gasteiger partial charge in [-0.3, -0.25) is 4.79 Å². The van der Waals surface area contributed by atoms with Crippen LogP contribution in [0.25, 0.3) is 0 Å². The van der Waals surface area contributed by atoms with Crippen LogP contribution in [0.3, 0.4) is 0 Å². The minimum absolute atomic E-state index is 0.144. The highest BCUT2D eigenvalue weighted by atomic mass is 16.6. The summed E-state index contributed by atoms with van der Waals surface area (Å²) < 4.78 is 1.53. The molecule has 2 aromatic rings. The molecule has 0 atom stereocenters. The summed E-state index contributed by atoms with van der Waals surface area (Å²) >= 11 is 0. The minimum atomic E-state index is -0.564. The molecule has 21 heavy (non-hydrogen) atoms. The zero-order valence-electron chi connectivity index (χ0n) is 11.9. The van der Waals surface area contributed by atoms with Gasteiger partial charge in [0.2, 0.25) is 12.2 Å². The smallest absolute Gasteiger partial charge is 0.358 e. The number of nitrogens with one attached hydrogen (secondary N) is 1. The zero-order valence-corrected chi connectivity index (χ0v) is 11.9. The molecule has 0 unspecified atom stereocenters. The maximum atomic E-state index is 11.8. The topological polar surface area (TPSA) is 90.1 Å². The Labute approximate surface area is 121 Å². The lowest BCUT2D eigenvalue weighted by molar-refractivity contribution is -0.389. The van der Waals surface area contributed by atoms with Gasteiger partial charge < -0.3 is 20.0 Å². The summed E-state index contributed by atoms with van der Waals surface area (Å²) in [7, 11) is 0. The van der Waals surface area contributed by atoms with Gasteiger partial charge in [0.15, 0.2) is 0 Å². The van der Waals surface area contributed by atoms with Crippen LogP contribution in [-0.2, 0) is 11.3 Å². The van der Waals surface area contributed by atoms with Gasteiger partial charge in [0.25, 0.3) is 0 Å². The lowest BCUT2D eigenvalue weighted by atomic mass is 10.1. The van der Waals surface area contributed by atoms with Crippen LogP contribution < -0.4 is 5.32 Å². The first-order chi connectivity index (χ1) is 9.95. The molecule has 0 aliphatic heterocycles. The molecule has 1 heterocycles. The Morgan fingerprint density at radius 1 is 1.38 bits per heavy atom. The third kappa shape index (κ3) is 3.88. The molecule has 7 nitrogen and oxygen atoms in total. The van der Waals surface area contributed by atoms with Crippen molar-refractivity contribution in [1.29, 1.82) is 0 Å². The zero-order chi connectivity index (χ0) is 15.4. The van der Waals surface area contributed by atoms with Crippen LogP contribution in [0.1, 0.15) is 17.5 Å². The average Bonchev–Trinajstić information content (AvgIpc) is 2.90. The molecule has 1 amide bonds. The first-order valence-electron chi connectivity index (χ1n) is 6.49. The van der Waals surface area contributed by atoms with Gasteiger partial charge in [-0.15, -0.1) is 0 Å². The van der Waals surface area contributed by atoms with E-state index >= 15 is 0 Å². The molecule has 0 radical (unpaired) electrons. The number of aryl methyl sites for hydroxylation is 3. The monoisotopic (exact) mass is 288 g/mol. The van der Waals surface area contributed by atoms with Crippen LogP contribution in [-0.4, -0.2) is 20.4 Å². The summed E-state index contributed by atoms with van der Waals surface area (Å²) in [6.45, 7) is 4.33. The molecule has 0 saturated carbocycles. The maximum absolute atomic E-state index is 11.8. The minimum Gasteiger partial charge on any atom is -0.358 e. The van der Waals surface area contributed by atoms with Gasteiger partial charge >= 0.3 is 5.82 Å². The molecular formula is C14H16N4O3. The molecule has 1 N–H and O–H groups in total. The van der Waals surface area contributed by atoms with E-state index in [1.54, 1.807) is 0 Å². The second-order valence-corrected chi connectivity index (χ2v) is 4.82. The standard InChI is InChI=1S/C14H16N4O3/c1-10-3-4-12(7-11(10)2)16-14(19)5-6-17-8-13(15-9-17)18(20)21/h3-4,7-9H,5-6H2,1-2H3,(H,16,19).